The topological polar surface area (TPSA) is 124 Å². The van der Waals surface area contributed by atoms with Crippen LogP contribution in [0.4, 0.5) is 0 Å². The van der Waals surface area contributed by atoms with Gasteiger partial charge in [0.05, 0.1) is 17.8 Å². The molecule has 0 radical (unpaired) electrons. The molecule has 22 heavy (non-hydrogen) atoms. The molecule has 0 unspecified atom stereocenters. The number of carboxylic acid groups (broad SMARTS) is 1. The Morgan fingerprint density at radius 1 is 1.09 bits per heavy atom. The number of carbonyl (C=O) groups is 2. The van der Waals surface area contributed by atoms with Crippen molar-refractivity contribution in [2.24, 2.45) is 0 Å². The average molecular weight is 375 g/mol. The minimum Gasteiger partial charge on any atom is -0.478 e. The molecule has 7 nitrogen and oxygen atoms in total. The number of hydrogen-bond acceptors (Lipinski definition) is 6. The number of halogens is 1. The molecule has 2 atom stereocenters. The molecule has 0 bridgehead atoms. The van der Waals surface area contributed by atoms with Crippen LogP contribution in [0.2, 0.25) is 0 Å². The number of esters is 1. The fraction of sp³-hybridized carbons (Fsp3) is 0.429. The maximum atomic E-state index is 12.1. The summed E-state index contributed by atoms with van der Waals surface area (Å²) >= 11 is 3.21. The van der Waals surface area contributed by atoms with E-state index in [1.165, 1.54) is 12.1 Å². The van der Waals surface area contributed by atoms with Gasteiger partial charge in [0.25, 0.3) is 0 Å². The third-order valence-electron chi connectivity index (χ3n) is 3.62. The molecule has 8 heteroatoms. The normalized spacial score (nSPS) is 31.5. The van der Waals surface area contributed by atoms with E-state index in [1.807, 2.05) is 0 Å². The van der Waals surface area contributed by atoms with E-state index < -0.39 is 48.7 Å². The lowest BCUT2D eigenvalue weighted by atomic mass is 9.79. The average Bonchev–Trinajstić information content (AvgIpc) is 2.45. The van der Waals surface area contributed by atoms with Gasteiger partial charge in [-0.2, -0.15) is 0 Å². The van der Waals surface area contributed by atoms with Crippen molar-refractivity contribution in [2.45, 2.75) is 36.8 Å². The first-order valence-corrected chi connectivity index (χ1v) is 7.31. The van der Waals surface area contributed by atoms with E-state index in [2.05, 4.69) is 15.9 Å². The van der Waals surface area contributed by atoms with Gasteiger partial charge in [0.2, 0.25) is 5.60 Å². The highest BCUT2D eigenvalue weighted by molar-refractivity contribution is 9.10. The van der Waals surface area contributed by atoms with Crippen molar-refractivity contribution in [1.29, 1.82) is 0 Å². The zero-order chi connectivity index (χ0) is 16.5. The van der Waals surface area contributed by atoms with Crippen LogP contribution in [-0.2, 0) is 9.53 Å². The molecule has 1 aromatic rings. The molecule has 2 rings (SSSR count). The Kier molecular flexibility index (Phi) is 4.86. The number of carboxylic acids is 1. The monoisotopic (exact) mass is 374 g/mol. The maximum Gasteiger partial charge on any atom is 0.348 e. The van der Waals surface area contributed by atoms with Crippen molar-refractivity contribution in [1.82, 2.24) is 0 Å². The van der Waals surface area contributed by atoms with Gasteiger partial charge in [0.15, 0.2) is 0 Å². The van der Waals surface area contributed by atoms with Gasteiger partial charge in [-0.3, -0.25) is 0 Å². The second kappa shape index (κ2) is 6.33. The second-order valence-corrected chi connectivity index (χ2v) is 6.15. The number of hydrogen-bond donors (Lipinski definition) is 4. The third-order valence-corrected chi connectivity index (χ3v) is 4.15. The Hall–Kier alpha value is -1.48. The van der Waals surface area contributed by atoms with Crippen LogP contribution in [0.25, 0.3) is 0 Å². The molecule has 1 fully saturated rings. The summed E-state index contributed by atoms with van der Waals surface area (Å²) in [6.07, 6.45) is -5.47. The highest BCUT2D eigenvalue weighted by atomic mass is 79.9. The predicted octanol–water partition coefficient (Wildman–Crippen LogP) is 0.306. The molecule has 0 heterocycles. The summed E-state index contributed by atoms with van der Waals surface area (Å²) in [5, 5.41) is 38.2. The first-order valence-electron chi connectivity index (χ1n) is 6.52. The van der Waals surface area contributed by atoms with Crippen molar-refractivity contribution in [3.8, 4) is 0 Å². The fourth-order valence-corrected chi connectivity index (χ4v) is 2.65. The molecule has 0 saturated heterocycles. The molecule has 0 amide bonds. The van der Waals surface area contributed by atoms with Crippen LogP contribution >= 0.6 is 15.9 Å². The molecule has 1 aromatic carbocycles. The highest BCUT2D eigenvalue weighted by Gasteiger charge is 2.52. The SMILES string of the molecule is O=C(OC1(C(=O)O)C[C@@H](O)C(O)[C@H](O)C1)c1ccc(Br)cc1. The van der Waals surface area contributed by atoms with E-state index >= 15 is 0 Å². The number of rotatable bonds is 3. The first kappa shape index (κ1) is 16.9. The molecule has 1 aliphatic rings. The van der Waals surface area contributed by atoms with Crippen LogP contribution in [-0.4, -0.2) is 56.3 Å². The number of aliphatic carboxylic acids is 1. The fourth-order valence-electron chi connectivity index (χ4n) is 2.38. The van der Waals surface area contributed by atoms with Crippen molar-refractivity contribution in [2.75, 3.05) is 0 Å². The quantitative estimate of drug-likeness (QED) is 0.561. The van der Waals surface area contributed by atoms with E-state index in [0.717, 1.165) is 4.47 Å². The van der Waals surface area contributed by atoms with Crippen LogP contribution in [0, 0.1) is 0 Å². The summed E-state index contributed by atoms with van der Waals surface area (Å²) in [6, 6.07) is 6.09. The molecule has 4 N–H and O–H groups in total. The zero-order valence-corrected chi connectivity index (χ0v) is 12.9. The smallest absolute Gasteiger partial charge is 0.348 e. The Morgan fingerprint density at radius 2 is 1.59 bits per heavy atom. The van der Waals surface area contributed by atoms with Crippen molar-refractivity contribution in [3.05, 3.63) is 34.3 Å². The number of benzene rings is 1. The lowest BCUT2D eigenvalue weighted by Gasteiger charge is -2.40. The van der Waals surface area contributed by atoms with Gasteiger partial charge < -0.3 is 25.2 Å². The highest BCUT2D eigenvalue weighted by Crippen LogP contribution is 2.33. The standard InChI is InChI=1S/C14H15BrO7/c15-8-3-1-7(2-4-8)12(19)22-14(13(20)21)5-9(16)11(18)10(17)6-14/h1-4,9-11,16-18H,5-6H2,(H,20,21)/t9-,10-,11?,14?/m1/s1. The molecule has 0 aromatic heterocycles. The summed E-state index contributed by atoms with van der Waals surface area (Å²) in [6.45, 7) is 0. The summed E-state index contributed by atoms with van der Waals surface area (Å²) in [7, 11) is 0. The van der Waals surface area contributed by atoms with E-state index in [9.17, 15) is 30.0 Å². The molecule has 0 aliphatic heterocycles. The Morgan fingerprint density at radius 3 is 2.05 bits per heavy atom. The van der Waals surface area contributed by atoms with Gasteiger partial charge in [-0.1, -0.05) is 15.9 Å². The Balaban J connectivity index is 2.24. The lowest BCUT2D eigenvalue weighted by molar-refractivity contribution is -0.187. The third kappa shape index (κ3) is 3.30. The van der Waals surface area contributed by atoms with Crippen molar-refractivity contribution in [3.63, 3.8) is 0 Å². The van der Waals surface area contributed by atoms with Gasteiger partial charge in [0.1, 0.15) is 6.10 Å². The van der Waals surface area contributed by atoms with Gasteiger partial charge in [-0.15, -0.1) is 0 Å². The number of carbonyl (C=O) groups excluding carboxylic acids is 1. The van der Waals surface area contributed by atoms with Gasteiger partial charge in [-0.25, -0.2) is 9.59 Å². The Bertz CT molecular complexity index is 559. The first-order chi connectivity index (χ1) is 10.2. The lowest BCUT2D eigenvalue weighted by Crippen LogP contribution is -2.58. The number of aliphatic hydroxyl groups excluding tert-OH is 3. The van der Waals surface area contributed by atoms with Crippen LogP contribution in [0.15, 0.2) is 28.7 Å². The molecule has 1 aliphatic carbocycles. The summed E-state index contributed by atoms with van der Waals surface area (Å²) in [5.74, 6) is -2.37. The Labute approximate surface area is 134 Å². The van der Waals surface area contributed by atoms with Crippen LogP contribution in [0.1, 0.15) is 23.2 Å². The number of aliphatic hydroxyl groups is 3. The largest absolute Gasteiger partial charge is 0.478 e. The van der Waals surface area contributed by atoms with Crippen LogP contribution in [0.3, 0.4) is 0 Å². The zero-order valence-electron chi connectivity index (χ0n) is 11.3. The molecule has 1 saturated carbocycles. The number of ether oxygens (including phenoxy) is 1. The van der Waals surface area contributed by atoms with Crippen molar-refractivity contribution < 1.29 is 34.8 Å². The van der Waals surface area contributed by atoms with E-state index in [0.29, 0.717) is 0 Å². The van der Waals surface area contributed by atoms with Crippen LogP contribution < -0.4 is 0 Å². The van der Waals surface area contributed by atoms with E-state index in [-0.39, 0.29) is 5.56 Å². The molecular formula is C14H15BrO7. The summed E-state index contributed by atoms with van der Waals surface area (Å²) < 4.78 is 5.81. The molecule has 0 spiro atoms. The van der Waals surface area contributed by atoms with Gasteiger partial charge in [-0.05, 0) is 24.3 Å². The minimum atomic E-state index is -2.08. The van der Waals surface area contributed by atoms with E-state index in [4.69, 9.17) is 4.74 Å². The minimum absolute atomic E-state index is 0.138. The second-order valence-electron chi connectivity index (χ2n) is 5.23. The van der Waals surface area contributed by atoms with Gasteiger partial charge in [0, 0.05) is 17.3 Å². The van der Waals surface area contributed by atoms with E-state index in [1.54, 1.807) is 12.1 Å². The van der Waals surface area contributed by atoms with Crippen molar-refractivity contribution >= 4 is 27.9 Å². The summed E-state index contributed by atoms with van der Waals surface area (Å²) in [4.78, 5) is 23.6. The summed E-state index contributed by atoms with van der Waals surface area (Å²) in [5.41, 5.74) is -1.94. The molecule has 120 valence electrons. The molecular weight excluding hydrogens is 360 g/mol. The predicted molar refractivity (Wildman–Crippen MR) is 77.2 cm³/mol. The van der Waals surface area contributed by atoms with Crippen LogP contribution in [0.5, 0.6) is 0 Å². The van der Waals surface area contributed by atoms with Gasteiger partial charge >= 0.3 is 11.9 Å². The maximum absolute atomic E-state index is 12.1.